The molecule has 2 N–H and O–H groups in total. The fraction of sp³-hybridized carbons (Fsp3) is 0.296. The van der Waals surface area contributed by atoms with Crippen molar-refractivity contribution in [1.29, 1.82) is 0 Å². The summed E-state index contributed by atoms with van der Waals surface area (Å²) in [6, 6.07) is 17.9. The van der Waals surface area contributed by atoms with Crippen molar-refractivity contribution in [1.82, 2.24) is 5.32 Å². The van der Waals surface area contributed by atoms with Gasteiger partial charge < -0.3 is 10.1 Å². The molecule has 0 bridgehead atoms. The number of rotatable bonds is 9. The maximum absolute atomic E-state index is 13.0. The van der Waals surface area contributed by atoms with Gasteiger partial charge in [-0.1, -0.05) is 44.2 Å². The van der Waals surface area contributed by atoms with Crippen LogP contribution in [-0.4, -0.2) is 27.5 Å². The number of carbonyl (C=O) groups is 1. The Morgan fingerprint density at radius 3 is 2.32 bits per heavy atom. The second kappa shape index (κ2) is 10.7. The summed E-state index contributed by atoms with van der Waals surface area (Å²) < 4.78 is 34.5. The Kier molecular flexibility index (Phi) is 7.99. The number of nitrogens with one attached hydrogen (secondary N) is 2. The zero-order chi connectivity index (χ0) is 24.9. The SMILES string of the molecule is Cc1ccc(NS(=O)(=O)c2cc(C(=O)NCCOc3ccccc3C(C)C)ccc2C)cc1C. The maximum atomic E-state index is 13.0. The molecule has 0 unspecified atom stereocenters. The van der Waals surface area contributed by atoms with Crippen LogP contribution in [0.4, 0.5) is 5.69 Å². The quantitative estimate of drug-likeness (QED) is 0.405. The third-order valence-electron chi connectivity index (χ3n) is 5.69. The van der Waals surface area contributed by atoms with E-state index in [1.54, 1.807) is 31.2 Å². The maximum Gasteiger partial charge on any atom is 0.262 e. The summed E-state index contributed by atoms with van der Waals surface area (Å²) >= 11 is 0. The second-order valence-corrected chi connectivity index (χ2v) is 10.3. The van der Waals surface area contributed by atoms with E-state index >= 15 is 0 Å². The predicted octanol–water partition coefficient (Wildman–Crippen LogP) is 5.34. The molecule has 0 atom stereocenters. The first-order valence-corrected chi connectivity index (χ1v) is 12.8. The van der Waals surface area contributed by atoms with Gasteiger partial charge in [-0.2, -0.15) is 0 Å². The number of sulfonamides is 1. The minimum atomic E-state index is -3.86. The zero-order valence-corrected chi connectivity index (χ0v) is 21.1. The molecule has 0 radical (unpaired) electrons. The van der Waals surface area contributed by atoms with Crippen molar-refractivity contribution in [2.45, 2.75) is 45.4 Å². The van der Waals surface area contributed by atoms with Gasteiger partial charge >= 0.3 is 0 Å². The van der Waals surface area contributed by atoms with Crippen LogP contribution in [0, 0.1) is 20.8 Å². The van der Waals surface area contributed by atoms with Crippen LogP contribution in [0.1, 0.15) is 52.4 Å². The topological polar surface area (TPSA) is 84.5 Å². The van der Waals surface area contributed by atoms with Crippen molar-refractivity contribution in [3.05, 3.63) is 88.5 Å². The number of benzene rings is 3. The van der Waals surface area contributed by atoms with Gasteiger partial charge in [-0.25, -0.2) is 8.42 Å². The summed E-state index contributed by atoms with van der Waals surface area (Å²) in [5.74, 6) is 0.771. The minimum Gasteiger partial charge on any atom is -0.491 e. The molecule has 34 heavy (non-hydrogen) atoms. The summed E-state index contributed by atoms with van der Waals surface area (Å²) in [5.41, 5.74) is 4.49. The summed E-state index contributed by atoms with van der Waals surface area (Å²) in [5, 5.41) is 2.80. The van der Waals surface area contributed by atoms with Gasteiger partial charge in [-0.3, -0.25) is 9.52 Å². The Hall–Kier alpha value is -3.32. The zero-order valence-electron chi connectivity index (χ0n) is 20.3. The molecule has 0 heterocycles. The number of amides is 1. The van der Waals surface area contributed by atoms with Crippen LogP contribution in [0.5, 0.6) is 5.75 Å². The van der Waals surface area contributed by atoms with Crippen LogP contribution < -0.4 is 14.8 Å². The lowest BCUT2D eigenvalue weighted by atomic mass is 10.0. The molecule has 1 amide bonds. The van der Waals surface area contributed by atoms with Gasteiger partial charge in [0.05, 0.1) is 11.4 Å². The van der Waals surface area contributed by atoms with Crippen molar-refractivity contribution in [3.8, 4) is 5.75 Å². The molecule has 3 aromatic carbocycles. The molecule has 0 fully saturated rings. The summed E-state index contributed by atoms with van der Waals surface area (Å²) in [4.78, 5) is 12.8. The Balaban J connectivity index is 1.66. The minimum absolute atomic E-state index is 0.0699. The Bertz CT molecular complexity index is 1280. The normalized spacial score (nSPS) is 11.4. The number of anilines is 1. The molecule has 0 aliphatic carbocycles. The monoisotopic (exact) mass is 480 g/mol. The van der Waals surface area contributed by atoms with Crippen molar-refractivity contribution in [3.63, 3.8) is 0 Å². The van der Waals surface area contributed by atoms with Crippen LogP contribution >= 0.6 is 0 Å². The highest BCUT2D eigenvalue weighted by atomic mass is 32.2. The van der Waals surface area contributed by atoms with Crippen molar-refractivity contribution in [2.24, 2.45) is 0 Å². The van der Waals surface area contributed by atoms with Crippen LogP contribution in [0.15, 0.2) is 65.6 Å². The number of ether oxygens (including phenoxy) is 1. The van der Waals surface area contributed by atoms with E-state index in [0.717, 1.165) is 22.4 Å². The van der Waals surface area contributed by atoms with Gasteiger partial charge in [-0.15, -0.1) is 0 Å². The highest BCUT2D eigenvalue weighted by Crippen LogP contribution is 2.26. The Labute approximate surface area is 202 Å². The van der Waals surface area contributed by atoms with Gasteiger partial charge in [0.2, 0.25) is 0 Å². The van der Waals surface area contributed by atoms with E-state index in [1.807, 2.05) is 44.2 Å². The number of hydrogen-bond donors (Lipinski definition) is 2. The van der Waals surface area contributed by atoms with E-state index in [4.69, 9.17) is 4.74 Å². The Morgan fingerprint density at radius 2 is 1.62 bits per heavy atom. The first-order chi connectivity index (χ1) is 16.1. The standard InChI is InChI=1S/C27H32N2O4S/c1-18(2)24-8-6-7-9-25(24)33-15-14-28-27(30)22-12-10-20(4)26(17-22)34(31,32)29-23-13-11-19(3)21(5)16-23/h6-13,16-18,29H,14-15H2,1-5H3,(H,28,30). The van der Waals surface area contributed by atoms with E-state index in [2.05, 4.69) is 23.9 Å². The number of para-hydroxylation sites is 1. The van der Waals surface area contributed by atoms with Crippen LogP contribution in [0.3, 0.4) is 0 Å². The van der Waals surface area contributed by atoms with Gasteiger partial charge in [0.25, 0.3) is 15.9 Å². The van der Waals surface area contributed by atoms with Crippen molar-refractivity contribution in [2.75, 3.05) is 17.9 Å². The molecule has 0 saturated heterocycles. The van der Waals surface area contributed by atoms with Gasteiger partial charge in [0.1, 0.15) is 12.4 Å². The molecule has 0 saturated carbocycles. The van der Waals surface area contributed by atoms with Crippen molar-refractivity contribution < 1.29 is 17.9 Å². The van der Waals surface area contributed by atoms with Crippen molar-refractivity contribution >= 4 is 21.6 Å². The third kappa shape index (κ3) is 6.17. The molecule has 0 aliphatic rings. The molecule has 0 spiro atoms. The number of hydrogen-bond acceptors (Lipinski definition) is 4. The molecule has 3 rings (SSSR count). The molecule has 6 nitrogen and oxygen atoms in total. The fourth-order valence-electron chi connectivity index (χ4n) is 3.56. The van der Waals surface area contributed by atoms with Crippen LogP contribution in [0.2, 0.25) is 0 Å². The first-order valence-electron chi connectivity index (χ1n) is 11.3. The van der Waals surface area contributed by atoms with E-state index in [1.165, 1.54) is 6.07 Å². The van der Waals surface area contributed by atoms with Gasteiger partial charge in [0, 0.05) is 11.3 Å². The molecular weight excluding hydrogens is 448 g/mol. The highest BCUT2D eigenvalue weighted by Gasteiger charge is 2.19. The Morgan fingerprint density at radius 1 is 0.912 bits per heavy atom. The molecule has 3 aromatic rings. The number of carbonyl (C=O) groups excluding carboxylic acids is 1. The summed E-state index contributed by atoms with van der Waals surface area (Å²) in [6.45, 7) is 10.4. The summed E-state index contributed by atoms with van der Waals surface area (Å²) in [6.07, 6.45) is 0. The molecular formula is C27H32N2O4S. The molecule has 0 aromatic heterocycles. The largest absolute Gasteiger partial charge is 0.491 e. The second-order valence-electron chi connectivity index (χ2n) is 8.68. The van der Waals surface area contributed by atoms with E-state index in [0.29, 0.717) is 30.3 Å². The lowest BCUT2D eigenvalue weighted by molar-refractivity contribution is 0.0946. The molecule has 0 aliphatic heterocycles. The highest BCUT2D eigenvalue weighted by molar-refractivity contribution is 7.92. The number of aryl methyl sites for hydroxylation is 3. The molecule has 7 heteroatoms. The third-order valence-corrected chi connectivity index (χ3v) is 7.21. The van der Waals surface area contributed by atoms with Crippen LogP contribution in [0.25, 0.3) is 0 Å². The van der Waals surface area contributed by atoms with E-state index in [-0.39, 0.29) is 16.4 Å². The lowest BCUT2D eigenvalue weighted by Gasteiger charge is -2.15. The van der Waals surface area contributed by atoms with E-state index in [9.17, 15) is 13.2 Å². The fourth-order valence-corrected chi connectivity index (χ4v) is 4.88. The average Bonchev–Trinajstić information content (AvgIpc) is 2.79. The average molecular weight is 481 g/mol. The predicted molar refractivity (Wildman–Crippen MR) is 136 cm³/mol. The van der Waals surface area contributed by atoms with Gasteiger partial charge in [0.15, 0.2) is 0 Å². The van der Waals surface area contributed by atoms with E-state index < -0.39 is 10.0 Å². The lowest BCUT2D eigenvalue weighted by Crippen LogP contribution is -2.28. The van der Waals surface area contributed by atoms with Gasteiger partial charge in [-0.05, 0) is 79.3 Å². The molecule has 180 valence electrons. The van der Waals surface area contributed by atoms with Crippen LogP contribution in [-0.2, 0) is 10.0 Å². The first kappa shape index (κ1) is 25.3. The summed E-state index contributed by atoms with van der Waals surface area (Å²) in [7, 11) is -3.86. The smallest absolute Gasteiger partial charge is 0.262 e.